The standard InChI is InChI=1S/C35H50N6O2S.C5H6N2O/c1-10-13-33(36-30-20-24(6)28(21-31(30)43-22(2)3)27-16-18-41(9)19-17-27)38-35(34-25(7)39-40-26(34)8)37-29-14-11-12-15-32(29)44(42)23(4)5;8-5-4-7-3-1-2-6-7/h11-12,14-15,20-23,27,37,39H,7,10,13,16-19H2,1-6,8-9H3,(H,36,38);1-3,5H,4H2/b35-34+;. The first-order valence-electron chi connectivity index (χ1n) is 18.2. The molecule has 2 aromatic heterocycles. The van der Waals surface area contributed by atoms with Crippen LogP contribution in [0.5, 0.6) is 5.75 Å². The molecule has 1 aliphatic rings. The van der Waals surface area contributed by atoms with Gasteiger partial charge in [0.15, 0.2) is 0 Å². The van der Waals surface area contributed by atoms with E-state index in [1.54, 1.807) is 23.1 Å². The molecule has 0 saturated carbocycles. The van der Waals surface area contributed by atoms with E-state index < -0.39 is 10.8 Å². The number of anilines is 2. The highest BCUT2D eigenvalue weighted by molar-refractivity contribution is 7.85. The number of hydrogen-bond acceptors (Lipinski definition) is 8. The number of piperidine rings is 1. The van der Waals surface area contributed by atoms with Gasteiger partial charge in [-0.2, -0.15) is 10.2 Å². The summed E-state index contributed by atoms with van der Waals surface area (Å²) in [6, 6.07) is 13.9. The van der Waals surface area contributed by atoms with Crippen molar-refractivity contribution < 1.29 is 13.7 Å². The Morgan fingerprint density at radius 2 is 1.85 bits per heavy atom. The van der Waals surface area contributed by atoms with Gasteiger partial charge in [0.2, 0.25) is 0 Å². The third-order valence-corrected chi connectivity index (χ3v) is 10.4. The normalized spacial score (nSPS) is 15.2. The van der Waals surface area contributed by atoms with Crippen molar-refractivity contribution in [1.82, 2.24) is 24.9 Å². The molecule has 1 aliphatic heterocycles. The number of ether oxygens (including phenoxy) is 1. The molecule has 4 aromatic rings. The van der Waals surface area contributed by atoms with E-state index in [0.717, 1.165) is 77.4 Å². The van der Waals surface area contributed by atoms with E-state index in [4.69, 9.17) is 9.73 Å². The van der Waals surface area contributed by atoms with Crippen LogP contribution in [0.1, 0.15) is 83.0 Å². The summed E-state index contributed by atoms with van der Waals surface area (Å²) in [4.78, 5) is 18.1. The van der Waals surface area contributed by atoms with Crippen molar-refractivity contribution in [1.29, 1.82) is 0 Å². The summed E-state index contributed by atoms with van der Waals surface area (Å²) >= 11 is 0. The second-order valence-electron chi connectivity index (χ2n) is 13.8. The van der Waals surface area contributed by atoms with Gasteiger partial charge in [0.1, 0.15) is 23.7 Å². The number of rotatable bonds is 13. The van der Waals surface area contributed by atoms with E-state index in [-0.39, 0.29) is 11.4 Å². The number of benzene rings is 2. The summed E-state index contributed by atoms with van der Waals surface area (Å²) in [5.74, 6) is 2.75. The highest BCUT2D eigenvalue weighted by atomic mass is 32.2. The van der Waals surface area contributed by atoms with Crippen LogP contribution in [0.3, 0.4) is 0 Å². The molecule has 0 amide bonds. The Balaban J connectivity index is 0.000000666. The van der Waals surface area contributed by atoms with Crippen LogP contribution in [0, 0.1) is 13.8 Å². The quantitative estimate of drug-likeness (QED) is 0.0854. The molecule has 2 aromatic carbocycles. The third-order valence-electron chi connectivity index (χ3n) is 8.77. The Morgan fingerprint density at radius 1 is 1.12 bits per heavy atom. The summed E-state index contributed by atoms with van der Waals surface area (Å²) in [5.41, 5.74) is 5.05. The van der Waals surface area contributed by atoms with Gasteiger partial charge < -0.3 is 25.1 Å². The SMILES string of the molecule is C=c1[nH]nc(C)/c1=C(/N=C(\CCC)Nc1cc(C)c(C2CCN(C)CC2)cc1OC(C)C)Nc1ccccc1S(=O)C(C)C.O=CCn1cccn1. The van der Waals surface area contributed by atoms with Crippen LogP contribution in [0.4, 0.5) is 11.4 Å². The van der Waals surface area contributed by atoms with Crippen LogP contribution < -0.4 is 25.9 Å². The molecule has 280 valence electrons. The molecule has 0 radical (unpaired) electrons. The minimum Gasteiger partial charge on any atom is -0.489 e. The van der Waals surface area contributed by atoms with Gasteiger partial charge in [-0.3, -0.25) is 14.0 Å². The number of nitrogens with one attached hydrogen (secondary N) is 3. The Bertz CT molecular complexity index is 1930. The van der Waals surface area contributed by atoms with Gasteiger partial charge in [0.05, 0.1) is 56.0 Å². The number of aromatic amines is 1. The Labute approximate surface area is 311 Å². The van der Waals surface area contributed by atoms with Gasteiger partial charge in [-0.15, -0.1) is 0 Å². The Kier molecular flexibility index (Phi) is 15.0. The van der Waals surface area contributed by atoms with E-state index in [0.29, 0.717) is 30.1 Å². The number of aliphatic imine (C=N–C) groups is 1. The summed E-state index contributed by atoms with van der Waals surface area (Å²) in [7, 11) is 1.01. The molecule has 11 nitrogen and oxygen atoms in total. The molecular weight excluding hydrogens is 673 g/mol. The minimum atomic E-state index is -1.18. The number of H-pyrrole nitrogens is 1. The molecule has 0 bridgehead atoms. The number of aldehydes is 1. The summed E-state index contributed by atoms with van der Waals surface area (Å²) in [5, 5.41) is 19.8. The van der Waals surface area contributed by atoms with E-state index in [9.17, 15) is 9.00 Å². The number of nitrogens with zero attached hydrogens (tertiary/aromatic N) is 5. The minimum absolute atomic E-state index is 0.0265. The molecule has 1 unspecified atom stereocenters. The smallest absolute Gasteiger partial charge is 0.143 e. The first kappa shape index (κ1) is 40.2. The van der Waals surface area contributed by atoms with Crippen molar-refractivity contribution >= 4 is 46.7 Å². The molecule has 3 N–H and O–H groups in total. The maximum atomic E-state index is 13.2. The first-order chi connectivity index (χ1) is 24.9. The largest absolute Gasteiger partial charge is 0.489 e. The number of likely N-dealkylation sites (tertiary alicyclic amines) is 1. The summed E-state index contributed by atoms with van der Waals surface area (Å²) in [6.45, 7) is 21.1. The average molecular weight is 729 g/mol. The van der Waals surface area contributed by atoms with Crippen LogP contribution in [0.15, 0.2) is 64.7 Å². The van der Waals surface area contributed by atoms with Crippen LogP contribution >= 0.6 is 0 Å². The lowest BCUT2D eigenvalue weighted by atomic mass is 9.86. The van der Waals surface area contributed by atoms with Crippen molar-refractivity contribution in [3.05, 3.63) is 82.2 Å². The number of amidine groups is 1. The maximum absolute atomic E-state index is 13.2. The topological polar surface area (TPSA) is 130 Å². The van der Waals surface area contributed by atoms with Crippen LogP contribution in [-0.4, -0.2) is 72.7 Å². The van der Waals surface area contributed by atoms with Gasteiger partial charge in [0, 0.05) is 24.1 Å². The maximum Gasteiger partial charge on any atom is 0.143 e. The number of carbonyl (C=O) groups is 1. The zero-order valence-corrected chi connectivity index (χ0v) is 32.8. The number of aryl methyl sites for hydroxylation is 2. The molecule has 0 spiro atoms. The highest BCUT2D eigenvalue weighted by Gasteiger charge is 2.23. The monoisotopic (exact) mass is 728 g/mol. The Hall–Kier alpha value is -4.55. The van der Waals surface area contributed by atoms with Crippen LogP contribution in [0.2, 0.25) is 0 Å². The fourth-order valence-corrected chi connectivity index (χ4v) is 7.20. The third kappa shape index (κ3) is 11.0. The number of para-hydroxylation sites is 1. The Morgan fingerprint density at radius 3 is 2.44 bits per heavy atom. The summed E-state index contributed by atoms with van der Waals surface area (Å²) < 4.78 is 21.2. The van der Waals surface area contributed by atoms with Crippen molar-refractivity contribution in [3.8, 4) is 5.75 Å². The molecule has 1 fully saturated rings. The van der Waals surface area contributed by atoms with Crippen molar-refractivity contribution in [3.63, 3.8) is 0 Å². The molecular formula is C40H56N8O3S. The average Bonchev–Trinajstić information content (AvgIpc) is 3.75. The van der Waals surface area contributed by atoms with Gasteiger partial charge in [-0.25, -0.2) is 4.99 Å². The molecule has 5 rings (SSSR count). The molecule has 12 heteroatoms. The van der Waals surface area contributed by atoms with Crippen molar-refractivity contribution in [2.24, 2.45) is 4.99 Å². The number of hydrogen-bond donors (Lipinski definition) is 3. The molecule has 3 heterocycles. The number of carbonyl (C=O) groups excluding carboxylic acids is 1. The predicted octanol–water partition coefficient (Wildman–Crippen LogP) is 6.12. The van der Waals surface area contributed by atoms with Gasteiger partial charge in [-0.1, -0.05) is 39.5 Å². The second kappa shape index (κ2) is 19.3. The van der Waals surface area contributed by atoms with E-state index in [2.05, 4.69) is 84.3 Å². The van der Waals surface area contributed by atoms with Crippen molar-refractivity contribution in [2.45, 2.75) is 103 Å². The fraction of sp³-hybridized carbons (Fsp3) is 0.450. The lowest BCUT2D eigenvalue weighted by molar-refractivity contribution is -0.108. The zero-order valence-electron chi connectivity index (χ0n) is 32.0. The van der Waals surface area contributed by atoms with Crippen LogP contribution in [0.25, 0.3) is 12.4 Å². The molecule has 0 aliphatic carbocycles. The van der Waals surface area contributed by atoms with E-state index >= 15 is 0 Å². The van der Waals surface area contributed by atoms with Gasteiger partial charge >= 0.3 is 0 Å². The van der Waals surface area contributed by atoms with Gasteiger partial charge in [-0.05, 0) is 114 Å². The molecule has 1 atom stereocenters. The highest BCUT2D eigenvalue weighted by Crippen LogP contribution is 2.37. The predicted molar refractivity (Wildman–Crippen MR) is 214 cm³/mol. The fourth-order valence-electron chi connectivity index (χ4n) is 6.14. The lowest BCUT2D eigenvalue weighted by Crippen LogP contribution is -2.29. The molecule has 1 saturated heterocycles. The van der Waals surface area contributed by atoms with Crippen molar-refractivity contribution in [2.75, 3.05) is 30.8 Å². The zero-order chi connectivity index (χ0) is 37.8. The van der Waals surface area contributed by atoms with Crippen LogP contribution in [-0.2, 0) is 22.1 Å². The van der Waals surface area contributed by atoms with Gasteiger partial charge in [0.25, 0.3) is 0 Å². The number of aromatic nitrogens is 4. The summed E-state index contributed by atoms with van der Waals surface area (Å²) in [6.07, 6.45) is 8.13. The first-order valence-corrected chi connectivity index (χ1v) is 19.4. The van der Waals surface area contributed by atoms with E-state index in [1.165, 1.54) is 11.1 Å². The second-order valence-corrected chi connectivity index (χ2v) is 15.7. The lowest BCUT2D eigenvalue weighted by Gasteiger charge is -2.31. The van der Waals surface area contributed by atoms with E-state index in [1.807, 2.05) is 45.0 Å². The molecule has 52 heavy (non-hydrogen) atoms.